The molecule has 0 aromatic rings. The van der Waals surface area contributed by atoms with Crippen LogP contribution in [-0.4, -0.2) is 49.8 Å². The van der Waals surface area contributed by atoms with Gasteiger partial charge >= 0.3 is 0 Å². The van der Waals surface area contributed by atoms with Crippen LogP contribution in [0.2, 0.25) is 0 Å². The van der Waals surface area contributed by atoms with Gasteiger partial charge in [-0.15, -0.1) is 0 Å². The van der Waals surface area contributed by atoms with Crippen LogP contribution in [0.4, 0.5) is 0 Å². The fourth-order valence-electron chi connectivity index (χ4n) is 3.08. The monoisotopic (exact) mass is 240 g/mol. The number of rotatable bonds is 5. The molecular formula is C14H28N2O. The second kappa shape index (κ2) is 6.72. The van der Waals surface area contributed by atoms with E-state index in [2.05, 4.69) is 24.1 Å². The number of piperidine rings is 1. The summed E-state index contributed by atoms with van der Waals surface area (Å²) in [7, 11) is 0. The van der Waals surface area contributed by atoms with Crippen molar-refractivity contribution >= 4 is 0 Å². The minimum Gasteiger partial charge on any atom is -0.377 e. The Morgan fingerprint density at radius 1 is 1.35 bits per heavy atom. The van der Waals surface area contributed by atoms with E-state index in [0.717, 1.165) is 19.1 Å². The zero-order valence-corrected chi connectivity index (χ0v) is 11.5. The summed E-state index contributed by atoms with van der Waals surface area (Å²) >= 11 is 0. The molecule has 0 aromatic carbocycles. The van der Waals surface area contributed by atoms with Crippen molar-refractivity contribution in [1.82, 2.24) is 10.2 Å². The van der Waals surface area contributed by atoms with Gasteiger partial charge in [0.15, 0.2) is 0 Å². The third-order valence-corrected chi connectivity index (χ3v) is 4.39. The van der Waals surface area contributed by atoms with Gasteiger partial charge in [0.25, 0.3) is 0 Å². The average molecular weight is 240 g/mol. The zero-order chi connectivity index (χ0) is 12.1. The maximum absolute atomic E-state index is 5.66. The molecule has 2 saturated heterocycles. The Labute approximate surface area is 106 Å². The van der Waals surface area contributed by atoms with Crippen LogP contribution in [0.5, 0.6) is 0 Å². The van der Waals surface area contributed by atoms with Crippen LogP contribution in [0, 0.1) is 5.92 Å². The van der Waals surface area contributed by atoms with Gasteiger partial charge in [-0.3, -0.25) is 0 Å². The first-order valence-electron chi connectivity index (χ1n) is 7.37. The Hall–Kier alpha value is -0.120. The van der Waals surface area contributed by atoms with E-state index < -0.39 is 0 Å². The molecule has 2 aliphatic rings. The van der Waals surface area contributed by atoms with E-state index in [9.17, 15) is 0 Å². The van der Waals surface area contributed by atoms with Crippen molar-refractivity contribution in [1.29, 1.82) is 0 Å². The smallest absolute Gasteiger partial charge is 0.0700 e. The Bertz CT molecular complexity index is 216. The van der Waals surface area contributed by atoms with E-state index in [1.807, 2.05) is 0 Å². The first-order valence-corrected chi connectivity index (χ1v) is 7.37. The quantitative estimate of drug-likeness (QED) is 0.794. The molecule has 0 saturated carbocycles. The van der Waals surface area contributed by atoms with E-state index in [0.29, 0.717) is 12.1 Å². The highest BCUT2D eigenvalue weighted by atomic mass is 16.5. The van der Waals surface area contributed by atoms with E-state index >= 15 is 0 Å². The Morgan fingerprint density at radius 3 is 2.94 bits per heavy atom. The van der Waals surface area contributed by atoms with E-state index in [4.69, 9.17) is 4.74 Å². The summed E-state index contributed by atoms with van der Waals surface area (Å²) in [6.07, 6.45) is 5.71. The summed E-state index contributed by atoms with van der Waals surface area (Å²) in [5.41, 5.74) is 0. The predicted molar refractivity (Wildman–Crippen MR) is 71.3 cm³/mol. The molecule has 0 aromatic heterocycles. The van der Waals surface area contributed by atoms with E-state index in [-0.39, 0.29) is 0 Å². The summed E-state index contributed by atoms with van der Waals surface area (Å²) in [6, 6.07) is 0.633. The number of hydrogen-bond donors (Lipinski definition) is 1. The SMILES string of the molecule is CCN1CCCC(C(C)NCC2CCCO2)C1. The van der Waals surface area contributed by atoms with Gasteiger partial charge < -0.3 is 15.0 Å². The van der Waals surface area contributed by atoms with Crippen molar-refractivity contribution in [2.45, 2.75) is 51.7 Å². The Morgan fingerprint density at radius 2 is 2.24 bits per heavy atom. The third-order valence-electron chi connectivity index (χ3n) is 4.39. The van der Waals surface area contributed by atoms with Crippen LogP contribution in [0.3, 0.4) is 0 Å². The lowest BCUT2D eigenvalue weighted by Crippen LogP contribution is -2.46. The summed E-state index contributed by atoms with van der Waals surface area (Å²) in [5.74, 6) is 0.824. The molecule has 2 aliphatic heterocycles. The first-order chi connectivity index (χ1) is 8.29. The normalized spacial score (nSPS) is 32.8. The van der Waals surface area contributed by atoms with Crippen LogP contribution >= 0.6 is 0 Å². The molecule has 0 aliphatic carbocycles. The topological polar surface area (TPSA) is 24.5 Å². The van der Waals surface area contributed by atoms with Crippen molar-refractivity contribution < 1.29 is 4.74 Å². The molecular weight excluding hydrogens is 212 g/mol. The molecule has 3 unspecified atom stereocenters. The Balaban J connectivity index is 1.68. The highest BCUT2D eigenvalue weighted by Gasteiger charge is 2.24. The summed E-state index contributed by atoms with van der Waals surface area (Å²) in [6.45, 7) is 10.4. The van der Waals surface area contributed by atoms with E-state index in [1.54, 1.807) is 0 Å². The van der Waals surface area contributed by atoms with Crippen LogP contribution in [-0.2, 0) is 4.74 Å². The largest absolute Gasteiger partial charge is 0.377 e. The number of hydrogen-bond acceptors (Lipinski definition) is 3. The van der Waals surface area contributed by atoms with Crippen LogP contribution < -0.4 is 5.32 Å². The van der Waals surface area contributed by atoms with Gasteiger partial charge in [-0.1, -0.05) is 6.92 Å². The molecule has 3 atom stereocenters. The van der Waals surface area contributed by atoms with Gasteiger partial charge in [-0.25, -0.2) is 0 Å². The van der Waals surface area contributed by atoms with Gasteiger partial charge in [0.05, 0.1) is 6.10 Å². The van der Waals surface area contributed by atoms with Crippen LogP contribution in [0.15, 0.2) is 0 Å². The van der Waals surface area contributed by atoms with Crippen molar-refractivity contribution in [2.75, 3.05) is 32.8 Å². The molecule has 2 heterocycles. The maximum atomic E-state index is 5.66. The number of nitrogens with zero attached hydrogens (tertiary/aromatic N) is 1. The third kappa shape index (κ3) is 3.94. The minimum atomic E-state index is 0.475. The fourth-order valence-corrected chi connectivity index (χ4v) is 3.08. The summed E-state index contributed by atoms with van der Waals surface area (Å²) in [4.78, 5) is 2.58. The molecule has 0 bridgehead atoms. The second-order valence-electron chi connectivity index (χ2n) is 5.63. The van der Waals surface area contributed by atoms with Gasteiger partial charge in [-0.2, -0.15) is 0 Å². The maximum Gasteiger partial charge on any atom is 0.0700 e. The lowest BCUT2D eigenvalue weighted by molar-refractivity contribution is 0.0992. The Kier molecular flexibility index (Phi) is 5.26. The van der Waals surface area contributed by atoms with E-state index in [1.165, 1.54) is 45.3 Å². The molecule has 3 nitrogen and oxygen atoms in total. The van der Waals surface area contributed by atoms with Gasteiger partial charge in [0, 0.05) is 25.7 Å². The summed E-state index contributed by atoms with van der Waals surface area (Å²) < 4.78 is 5.66. The number of likely N-dealkylation sites (tertiary alicyclic amines) is 1. The fraction of sp³-hybridized carbons (Fsp3) is 1.00. The molecule has 1 N–H and O–H groups in total. The minimum absolute atomic E-state index is 0.475. The lowest BCUT2D eigenvalue weighted by Gasteiger charge is -2.35. The molecule has 100 valence electrons. The number of nitrogens with one attached hydrogen (secondary N) is 1. The van der Waals surface area contributed by atoms with Crippen molar-refractivity contribution in [3.63, 3.8) is 0 Å². The molecule has 0 amide bonds. The standard InChI is InChI=1S/C14H28N2O/c1-3-16-8-4-6-13(11-16)12(2)15-10-14-7-5-9-17-14/h12-15H,3-11H2,1-2H3. The van der Waals surface area contributed by atoms with Gasteiger partial charge in [0.2, 0.25) is 0 Å². The zero-order valence-electron chi connectivity index (χ0n) is 11.5. The predicted octanol–water partition coefficient (Wildman–Crippen LogP) is 1.88. The second-order valence-corrected chi connectivity index (χ2v) is 5.63. The highest BCUT2D eigenvalue weighted by molar-refractivity contribution is 4.81. The van der Waals surface area contributed by atoms with Crippen molar-refractivity contribution in [2.24, 2.45) is 5.92 Å². The first kappa shape index (κ1) is 13.3. The molecule has 0 radical (unpaired) electrons. The molecule has 3 heteroatoms. The van der Waals surface area contributed by atoms with Gasteiger partial charge in [-0.05, 0) is 51.6 Å². The molecule has 17 heavy (non-hydrogen) atoms. The van der Waals surface area contributed by atoms with Gasteiger partial charge in [0.1, 0.15) is 0 Å². The molecule has 0 spiro atoms. The molecule has 2 fully saturated rings. The average Bonchev–Trinajstić information content (AvgIpc) is 2.89. The summed E-state index contributed by atoms with van der Waals surface area (Å²) in [5, 5.41) is 3.69. The number of ether oxygens (including phenoxy) is 1. The van der Waals surface area contributed by atoms with Crippen molar-refractivity contribution in [3.8, 4) is 0 Å². The highest BCUT2D eigenvalue weighted by Crippen LogP contribution is 2.20. The van der Waals surface area contributed by atoms with Crippen LogP contribution in [0.1, 0.15) is 39.5 Å². The van der Waals surface area contributed by atoms with Crippen molar-refractivity contribution in [3.05, 3.63) is 0 Å². The molecule has 2 rings (SSSR count). The lowest BCUT2D eigenvalue weighted by atomic mass is 9.91. The van der Waals surface area contributed by atoms with Crippen LogP contribution in [0.25, 0.3) is 0 Å².